The Labute approximate surface area is 112 Å². The lowest BCUT2D eigenvalue weighted by Gasteiger charge is -2.28. The lowest BCUT2D eigenvalue weighted by Crippen LogP contribution is -2.38. The Bertz CT molecular complexity index is 435. The third-order valence-corrected chi connectivity index (χ3v) is 3.86. The van der Waals surface area contributed by atoms with E-state index >= 15 is 0 Å². The average molecular weight is 265 g/mol. The molecule has 1 aliphatic carbocycles. The van der Waals surface area contributed by atoms with Crippen LogP contribution in [0.2, 0.25) is 0 Å². The Morgan fingerprint density at radius 3 is 2.63 bits per heavy atom. The number of phenols is 1. The van der Waals surface area contributed by atoms with Crippen molar-refractivity contribution >= 4 is 5.91 Å². The summed E-state index contributed by atoms with van der Waals surface area (Å²) in [6.07, 6.45) is 5.97. The summed E-state index contributed by atoms with van der Waals surface area (Å²) in [6.45, 7) is 1.99. The molecule has 0 radical (unpaired) electrons. The largest absolute Gasteiger partial charge is 0.508 e. The highest BCUT2D eigenvalue weighted by Gasteiger charge is 2.22. The third kappa shape index (κ3) is 3.69. The van der Waals surface area contributed by atoms with Crippen LogP contribution in [0.5, 0.6) is 5.75 Å². The maximum Gasteiger partial charge on any atom is 0.251 e. The molecule has 1 atom stereocenters. The van der Waals surface area contributed by atoms with Crippen LogP contribution in [-0.4, -0.2) is 17.1 Å². The second kappa shape index (κ2) is 6.04. The van der Waals surface area contributed by atoms with Crippen LogP contribution >= 0.6 is 0 Å². The number of benzene rings is 1. The van der Waals surface area contributed by atoms with Gasteiger partial charge in [-0.15, -0.1) is 0 Å². The molecule has 1 fully saturated rings. The lowest BCUT2D eigenvalue weighted by molar-refractivity contribution is 0.0918. The van der Waals surface area contributed by atoms with Crippen LogP contribution in [-0.2, 0) is 0 Å². The molecule has 2 N–H and O–H groups in total. The van der Waals surface area contributed by atoms with Gasteiger partial charge < -0.3 is 10.4 Å². The molecule has 0 saturated heterocycles. The van der Waals surface area contributed by atoms with Gasteiger partial charge in [0.2, 0.25) is 0 Å². The molecule has 4 heteroatoms. The molecular weight excluding hydrogens is 245 g/mol. The van der Waals surface area contributed by atoms with Gasteiger partial charge in [-0.3, -0.25) is 4.79 Å². The molecule has 1 aromatic rings. The maximum absolute atomic E-state index is 13.1. The summed E-state index contributed by atoms with van der Waals surface area (Å²) in [5.74, 6) is -0.654. The van der Waals surface area contributed by atoms with Crippen LogP contribution in [0.1, 0.15) is 49.4 Å². The van der Waals surface area contributed by atoms with E-state index in [2.05, 4.69) is 5.32 Å². The van der Waals surface area contributed by atoms with E-state index in [1.807, 2.05) is 6.92 Å². The van der Waals surface area contributed by atoms with Crippen molar-refractivity contribution in [2.24, 2.45) is 5.92 Å². The second-order valence-corrected chi connectivity index (χ2v) is 5.36. The van der Waals surface area contributed by atoms with Crippen molar-refractivity contribution in [3.05, 3.63) is 29.6 Å². The van der Waals surface area contributed by atoms with Crippen LogP contribution in [0.4, 0.5) is 4.39 Å². The van der Waals surface area contributed by atoms with E-state index in [9.17, 15) is 14.3 Å². The molecule has 1 saturated carbocycles. The number of phenolic OH excluding ortho intramolecular Hbond substituents is 1. The lowest BCUT2D eigenvalue weighted by atomic mass is 9.84. The number of halogens is 1. The van der Waals surface area contributed by atoms with Crippen LogP contribution in [0.25, 0.3) is 0 Å². The molecule has 0 aromatic heterocycles. The molecule has 0 unspecified atom stereocenters. The van der Waals surface area contributed by atoms with Gasteiger partial charge in [-0.25, -0.2) is 4.39 Å². The normalized spacial score (nSPS) is 18.0. The highest BCUT2D eigenvalue weighted by molar-refractivity contribution is 5.94. The van der Waals surface area contributed by atoms with Crippen molar-refractivity contribution in [1.82, 2.24) is 5.32 Å². The molecule has 0 aliphatic heterocycles. The van der Waals surface area contributed by atoms with Crippen LogP contribution in [0.15, 0.2) is 18.2 Å². The van der Waals surface area contributed by atoms with Crippen LogP contribution in [0.3, 0.4) is 0 Å². The molecular formula is C15H20FNO2. The van der Waals surface area contributed by atoms with E-state index in [0.29, 0.717) is 5.92 Å². The highest BCUT2D eigenvalue weighted by atomic mass is 19.1. The van der Waals surface area contributed by atoms with Gasteiger partial charge in [0.05, 0.1) is 0 Å². The van der Waals surface area contributed by atoms with E-state index in [0.717, 1.165) is 25.0 Å². The van der Waals surface area contributed by atoms with Gasteiger partial charge >= 0.3 is 0 Å². The monoisotopic (exact) mass is 265 g/mol. The predicted molar refractivity (Wildman–Crippen MR) is 71.6 cm³/mol. The third-order valence-electron chi connectivity index (χ3n) is 3.86. The summed E-state index contributed by atoms with van der Waals surface area (Å²) < 4.78 is 13.1. The van der Waals surface area contributed by atoms with Crippen LogP contribution in [0, 0.1) is 11.7 Å². The number of hydrogen-bond acceptors (Lipinski definition) is 2. The predicted octanol–water partition coefficient (Wildman–Crippen LogP) is 3.23. The van der Waals surface area contributed by atoms with E-state index in [-0.39, 0.29) is 23.3 Å². The number of carbonyl (C=O) groups excluding carboxylic acids is 1. The number of aromatic hydroxyl groups is 1. The minimum absolute atomic E-state index is 0.0817. The maximum atomic E-state index is 13.1. The fraction of sp³-hybridized carbons (Fsp3) is 0.533. The topological polar surface area (TPSA) is 49.3 Å². The average Bonchev–Trinajstić information content (AvgIpc) is 2.38. The summed E-state index contributed by atoms with van der Waals surface area (Å²) in [7, 11) is 0. The Kier molecular flexibility index (Phi) is 4.40. The van der Waals surface area contributed by atoms with Gasteiger partial charge in [0, 0.05) is 17.7 Å². The molecule has 19 heavy (non-hydrogen) atoms. The Hall–Kier alpha value is -1.58. The highest BCUT2D eigenvalue weighted by Crippen LogP contribution is 2.26. The number of nitrogens with one attached hydrogen (secondary N) is 1. The van der Waals surface area contributed by atoms with Gasteiger partial charge in [0.25, 0.3) is 5.91 Å². The quantitative estimate of drug-likeness (QED) is 0.881. The van der Waals surface area contributed by atoms with Gasteiger partial charge in [-0.2, -0.15) is 0 Å². The van der Waals surface area contributed by atoms with Gasteiger partial charge in [-0.1, -0.05) is 19.3 Å². The number of hydrogen-bond donors (Lipinski definition) is 2. The van der Waals surface area contributed by atoms with Crippen molar-refractivity contribution in [2.75, 3.05) is 0 Å². The Morgan fingerprint density at radius 1 is 1.32 bits per heavy atom. The minimum Gasteiger partial charge on any atom is -0.508 e. The van der Waals surface area contributed by atoms with E-state index in [1.165, 1.54) is 25.3 Å². The van der Waals surface area contributed by atoms with E-state index in [4.69, 9.17) is 0 Å². The number of amides is 1. The first-order valence-electron chi connectivity index (χ1n) is 6.86. The zero-order valence-corrected chi connectivity index (χ0v) is 11.2. The SMILES string of the molecule is C[C@@H](NC(=O)c1cc(O)cc(F)c1)C1CCCCC1. The summed E-state index contributed by atoms with van der Waals surface area (Å²) in [5.41, 5.74) is 0.167. The summed E-state index contributed by atoms with van der Waals surface area (Å²) in [5, 5.41) is 12.2. The molecule has 104 valence electrons. The fourth-order valence-corrected chi connectivity index (χ4v) is 2.75. The van der Waals surface area contributed by atoms with Crippen LogP contribution < -0.4 is 5.32 Å². The van der Waals surface area contributed by atoms with Gasteiger partial charge in [0.1, 0.15) is 11.6 Å². The van der Waals surface area contributed by atoms with Gasteiger partial charge in [0.15, 0.2) is 0 Å². The zero-order valence-electron chi connectivity index (χ0n) is 11.2. The van der Waals surface area contributed by atoms with E-state index in [1.54, 1.807) is 0 Å². The van der Waals surface area contributed by atoms with Crippen molar-refractivity contribution in [3.8, 4) is 5.75 Å². The Morgan fingerprint density at radius 2 is 2.00 bits per heavy atom. The smallest absolute Gasteiger partial charge is 0.251 e. The van der Waals surface area contributed by atoms with Crippen molar-refractivity contribution < 1.29 is 14.3 Å². The molecule has 1 aliphatic rings. The first kappa shape index (κ1) is 13.8. The summed E-state index contributed by atoms with van der Waals surface area (Å²) in [6, 6.07) is 3.49. The van der Waals surface area contributed by atoms with Crippen molar-refractivity contribution in [3.63, 3.8) is 0 Å². The van der Waals surface area contributed by atoms with E-state index < -0.39 is 5.82 Å². The molecule has 0 heterocycles. The van der Waals surface area contributed by atoms with Gasteiger partial charge in [-0.05, 0) is 37.8 Å². The van der Waals surface area contributed by atoms with Crippen molar-refractivity contribution in [1.29, 1.82) is 0 Å². The first-order chi connectivity index (χ1) is 9.06. The molecule has 2 rings (SSSR count). The molecule has 1 aromatic carbocycles. The van der Waals surface area contributed by atoms with Crippen molar-refractivity contribution in [2.45, 2.75) is 45.1 Å². The fourth-order valence-electron chi connectivity index (χ4n) is 2.75. The second-order valence-electron chi connectivity index (χ2n) is 5.36. The first-order valence-corrected chi connectivity index (χ1v) is 6.86. The molecule has 1 amide bonds. The number of rotatable bonds is 3. The zero-order chi connectivity index (χ0) is 13.8. The molecule has 0 bridgehead atoms. The number of carbonyl (C=O) groups is 1. The standard InChI is InChI=1S/C15H20FNO2/c1-10(11-5-3-2-4-6-11)17-15(19)12-7-13(16)9-14(18)8-12/h7-11,18H,2-6H2,1H3,(H,17,19)/t10-/m1/s1. The molecule has 0 spiro atoms. The molecule has 3 nitrogen and oxygen atoms in total. The Balaban J connectivity index is 1.99. The minimum atomic E-state index is -0.601. The summed E-state index contributed by atoms with van der Waals surface area (Å²) in [4.78, 5) is 12.0. The summed E-state index contributed by atoms with van der Waals surface area (Å²) >= 11 is 0.